The average molecular weight is 366 g/mol. The molecule has 2 aromatic rings. The molecule has 2 aliphatic rings. The minimum Gasteiger partial charge on any atom is -0.378 e. The zero-order valence-electron chi connectivity index (χ0n) is 16.0. The lowest BCUT2D eigenvalue weighted by Gasteiger charge is -2.40. The number of H-pyrrole nitrogens is 1. The summed E-state index contributed by atoms with van der Waals surface area (Å²) in [6.45, 7) is 4.56. The van der Waals surface area contributed by atoms with Gasteiger partial charge in [-0.1, -0.05) is 12.0 Å². The van der Waals surface area contributed by atoms with Gasteiger partial charge in [0.15, 0.2) is 0 Å². The van der Waals surface area contributed by atoms with Gasteiger partial charge >= 0.3 is 0 Å². The standard InChI is InChI=1S/C22H26N2O3/c1-4-16-20(24-11-9-22(2,26-3)10-12-24)17-14-15(19-6-5-13-27-19)7-8-18(17)23-21(16)25/h1,7-8,14,19H,5-6,9-13H2,2-3H3,(H,23,25). The van der Waals surface area contributed by atoms with E-state index in [2.05, 4.69) is 28.8 Å². The second kappa shape index (κ2) is 7.03. The van der Waals surface area contributed by atoms with Crippen molar-refractivity contribution < 1.29 is 9.47 Å². The number of fused-ring (bicyclic) bond motifs is 1. The maximum Gasteiger partial charge on any atom is 0.266 e. The van der Waals surface area contributed by atoms with Crippen molar-refractivity contribution in [2.75, 3.05) is 31.7 Å². The molecule has 27 heavy (non-hydrogen) atoms. The third-order valence-corrected chi connectivity index (χ3v) is 6.09. The SMILES string of the molecule is C#Cc1c(N2CCC(C)(OC)CC2)c2cc(C3CCCO3)ccc2[nH]c1=O. The van der Waals surface area contributed by atoms with Gasteiger partial charge in [0, 0.05) is 32.2 Å². The molecule has 0 aliphatic carbocycles. The van der Waals surface area contributed by atoms with Gasteiger partial charge in [-0.05, 0) is 50.3 Å². The molecule has 0 spiro atoms. The van der Waals surface area contributed by atoms with Crippen LogP contribution in [-0.4, -0.2) is 37.4 Å². The van der Waals surface area contributed by atoms with Crippen LogP contribution in [0.15, 0.2) is 23.0 Å². The summed E-state index contributed by atoms with van der Waals surface area (Å²) < 4.78 is 11.5. The molecule has 1 aromatic heterocycles. The van der Waals surface area contributed by atoms with Crippen molar-refractivity contribution in [3.8, 4) is 12.3 Å². The second-order valence-electron chi connectivity index (χ2n) is 7.77. The normalized spacial score (nSPS) is 22.1. The Morgan fingerprint density at radius 3 is 2.78 bits per heavy atom. The number of hydrogen-bond acceptors (Lipinski definition) is 4. The first-order valence-corrected chi connectivity index (χ1v) is 9.63. The molecule has 1 N–H and O–H groups in total. The molecule has 0 radical (unpaired) electrons. The van der Waals surface area contributed by atoms with Gasteiger partial charge in [-0.3, -0.25) is 4.79 Å². The van der Waals surface area contributed by atoms with E-state index in [0.29, 0.717) is 5.56 Å². The molecule has 4 rings (SSSR count). The van der Waals surface area contributed by atoms with Crippen LogP contribution < -0.4 is 10.5 Å². The topological polar surface area (TPSA) is 54.6 Å². The highest BCUT2D eigenvalue weighted by Crippen LogP contribution is 2.36. The largest absolute Gasteiger partial charge is 0.378 e. The molecule has 5 heteroatoms. The molecule has 142 valence electrons. The molecule has 1 unspecified atom stereocenters. The Bertz CT molecular complexity index is 942. The summed E-state index contributed by atoms with van der Waals surface area (Å²) in [5.74, 6) is 2.63. The van der Waals surface area contributed by atoms with Crippen molar-refractivity contribution in [2.24, 2.45) is 0 Å². The first-order valence-electron chi connectivity index (χ1n) is 9.63. The number of nitrogens with zero attached hydrogens (tertiary/aromatic N) is 1. The number of methoxy groups -OCH3 is 1. The average Bonchev–Trinajstić information content (AvgIpc) is 3.22. The number of rotatable bonds is 3. The molecule has 3 heterocycles. The monoisotopic (exact) mass is 366 g/mol. The lowest BCUT2D eigenvalue weighted by atomic mass is 9.92. The van der Waals surface area contributed by atoms with Gasteiger partial charge < -0.3 is 19.4 Å². The smallest absolute Gasteiger partial charge is 0.266 e. The molecule has 2 fully saturated rings. The van der Waals surface area contributed by atoms with E-state index in [9.17, 15) is 4.79 Å². The van der Waals surface area contributed by atoms with Crippen LogP contribution in [0, 0.1) is 12.3 Å². The Hall–Kier alpha value is -2.29. The van der Waals surface area contributed by atoms with Crippen LogP contribution in [0.4, 0.5) is 5.69 Å². The number of pyridine rings is 1. The highest BCUT2D eigenvalue weighted by Gasteiger charge is 2.31. The van der Waals surface area contributed by atoms with E-state index in [4.69, 9.17) is 15.9 Å². The summed E-state index contributed by atoms with van der Waals surface area (Å²) in [7, 11) is 1.76. The van der Waals surface area contributed by atoms with E-state index in [1.54, 1.807) is 7.11 Å². The number of aromatic nitrogens is 1. The van der Waals surface area contributed by atoms with Crippen molar-refractivity contribution in [1.29, 1.82) is 0 Å². The number of aromatic amines is 1. The second-order valence-corrected chi connectivity index (χ2v) is 7.77. The molecule has 5 nitrogen and oxygen atoms in total. The fourth-order valence-electron chi connectivity index (χ4n) is 4.20. The van der Waals surface area contributed by atoms with Gasteiger partial charge in [-0.2, -0.15) is 0 Å². The summed E-state index contributed by atoms with van der Waals surface area (Å²) in [4.78, 5) is 17.8. The van der Waals surface area contributed by atoms with E-state index in [-0.39, 0.29) is 17.3 Å². The molecule has 0 amide bonds. The van der Waals surface area contributed by atoms with Crippen molar-refractivity contribution in [1.82, 2.24) is 4.98 Å². The zero-order valence-corrected chi connectivity index (χ0v) is 16.0. The summed E-state index contributed by atoms with van der Waals surface area (Å²) >= 11 is 0. The number of anilines is 1. The van der Waals surface area contributed by atoms with Gasteiger partial charge in [-0.15, -0.1) is 6.42 Å². The summed E-state index contributed by atoms with van der Waals surface area (Å²) in [6, 6.07) is 6.16. The van der Waals surface area contributed by atoms with Crippen LogP contribution in [0.1, 0.15) is 49.8 Å². The van der Waals surface area contributed by atoms with Crippen molar-refractivity contribution in [2.45, 2.75) is 44.3 Å². The fourth-order valence-corrected chi connectivity index (χ4v) is 4.20. The van der Waals surface area contributed by atoms with Crippen LogP contribution in [0.2, 0.25) is 0 Å². The minimum atomic E-state index is -0.204. The van der Waals surface area contributed by atoms with Gasteiger partial charge in [0.05, 0.1) is 22.9 Å². The van der Waals surface area contributed by atoms with Crippen molar-refractivity contribution in [3.63, 3.8) is 0 Å². The van der Waals surface area contributed by atoms with E-state index in [1.807, 2.05) is 12.1 Å². The lowest BCUT2D eigenvalue weighted by Crippen LogP contribution is -2.44. The minimum absolute atomic E-state index is 0.118. The van der Waals surface area contributed by atoms with Gasteiger partial charge in [-0.25, -0.2) is 0 Å². The Kier molecular flexibility index (Phi) is 4.71. The van der Waals surface area contributed by atoms with Crippen LogP contribution in [-0.2, 0) is 9.47 Å². The Morgan fingerprint density at radius 1 is 1.37 bits per heavy atom. The van der Waals surface area contributed by atoms with E-state index in [0.717, 1.165) is 67.5 Å². The first kappa shape index (κ1) is 18.1. The Morgan fingerprint density at radius 2 is 2.15 bits per heavy atom. The molecular formula is C22H26N2O3. The third kappa shape index (κ3) is 3.24. The summed E-state index contributed by atoms with van der Waals surface area (Å²) in [6.07, 6.45) is 9.77. The number of hydrogen-bond donors (Lipinski definition) is 1. The predicted molar refractivity (Wildman–Crippen MR) is 107 cm³/mol. The van der Waals surface area contributed by atoms with Gasteiger partial charge in [0.25, 0.3) is 5.56 Å². The molecule has 0 bridgehead atoms. The fraction of sp³-hybridized carbons (Fsp3) is 0.500. The number of benzene rings is 1. The summed E-state index contributed by atoms with van der Waals surface area (Å²) in [5.41, 5.74) is 2.92. The van der Waals surface area contributed by atoms with E-state index < -0.39 is 0 Å². The predicted octanol–water partition coefficient (Wildman–Crippen LogP) is 3.37. The van der Waals surface area contributed by atoms with Gasteiger partial charge in [0.1, 0.15) is 5.56 Å². The quantitative estimate of drug-likeness (QED) is 0.847. The maximum absolute atomic E-state index is 12.6. The maximum atomic E-state index is 12.6. The molecular weight excluding hydrogens is 340 g/mol. The van der Waals surface area contributed by atoms with E-state index >= 15 is 0 Å². The van der Waals surface area contributed by atoms with Crippen LogP contribution in [0.25, 0.3) is 10.9 Å². The number of terminal acetylenes is 1. The third-order valence-electron chi connectivity index (χ3n) is 6.09. The number of piperidine rings is 1. The Balaban J connectivity index is 1.82. The molecule has 1 atom stereocenters. The first-order chi connectivity index (χ1) is 13.0. The van der Waals surface area contributed by atoms with Crippen LogP contribution in [0.3, 0.4) is 0 Å². The zero-order chi connectivity index (χ0) is 19.0. The molecule has 1 aromatic carbocycles. The lowest BCUT2D eigenvalue weighted by molar-refractivity contribution is -0.0132. The molecule has 0 saturated carbocycles. The number of nitrogens with one attached hydrogen (secondary N) is 1. The highest BCUT2D eigenvalue weighted by molar-refractivity contribution is 5.95. The van der Waals surface area contributed by atoms with E-state index in [1.165, 1.54) is 0 Å². The Labute approximate surface area is 159 Å². The summed E-state index contributed by atoms with van der Waals surface area (Å²) in [5, 5.41) is 0.997. The molecule has 2 saturated heterocycles. The van der Waals surface area contributed by atoms with Crippen molar-refractivity contribution >= 4 is 16.6 Å². The number of ether oxygens (including phenoxy) is 2. The van der Waals surface area contributed by atoms with Crippen LogP contribution >= 0.6 is 0 Å². The van der Waals surface area contributed by atoms with Crippen molar-refractivity contribution in [3.05, 3.63) is 39.7 Å². The van der Waals surface area contributed by atoms with Gasteiger partial charge in [0.2, 0.25) is 0 Å². The van der Waals surface area contributed by atoms with Crippen LogP contribution in [0.5, 0.6) is 0 Å². The highest BCUT2D eigenvalue weighted by atomic mass is 16.5. The molecule has 2 aliphatic heterocycles.